The van der Waals surface area contributed by atoms with Crippen LogP contribution >= 0.6 is 0 Å². The Morgan fingerprint density at radius 3 is 1.42 bits per heavy atom. The summed E-state index contributed by atoms with van der Waals surface area (Å²) in [4.78, 5) is 7.26. The van der Waals surface area contributed by atoms with Crippen LogP contribution in [0.2, 0.25) is 0 Å². The third-order valence-electron chi connectivity index (χ3n) is 11.4. The van der Waals surface area contributed by atoms with E-state index in [0.29, 0.717) is 0 Å². The largest absolute Gasteiger partial charge is 0.456 e. The van der Waals surface area contributed by atoms with Crippen LogP contribution in [-0.4, -0.2) is 4.98 Å². The summed E-state index contributed by atoms with van der Waals surface area (Å²) in [6.07, 6.45) is 0. The SMILES string of the molecule is c1ccc2nc(-c3ccc(-c4ccc(N(c5ccc6cc7oc8ccccc8c7cc6c5)c5ccc6cc7oc8ccccc8c7cc6c5)cc4)cc3)ccc2c1. The summed E-state index contributed by atoms with van der Waals surface area (Å²) in [7, 11) is 0. The van der Waals surface area contributed by atoms with Crippen LogP contribution in [0.25, 0.3) is 98.7 Å². The van der Waals surface area contributed by atoms with Gasteiger partial charge in [0.25, 0.3) is 0 Å². The molecule has 12 aromatic rings. The predicted octanol–water partition coefficient (Wildman–Crippen LogP) is 15.1. The number of hydrogen-bond donors (Lipinski definition) is 0. The molecule has 0 spiro atoms. The summed E-state index contributed by atoms with van der Waals surface area (Å²) in [5.41, 5.74) is 12.2. The van der Waals surface area contributed by atoms with E-state index in [9.17, 15) is 0 Å². The van der Waals surface area contributed by atoms with Crippen molar-refractivity contribution in [1.29, 1.82) is 0 Å². The normalized spacial score (nSPS) is 11.9. The molecule has 0 amide bonds. The van der Waals surface area contributed by atoms with Crippen molar-refractivity contribution in [2.75, 3.05) is 4.90 Å². The van der Waals surface area contributed by atoms with Crippen molar-refractivity contribution in [3.63, 3.8) is 0 Å². The number of rotatable bonds is 5. The summed E-state index contributed by atoms with van der Waals surface area (Å²) in [5, 5.41) is 10.2. The molecule has 0 saturated carbocycles. The molecular formula is C53H32N2O2. The van der Waals surface area contributed by atoms with Crippen LogP contribution in [0, 0.1) is 0 Å². The van der Waals surface area contributed by atoms with Gasteiger partial charge in [-0.1, -0.05) is 109 Å². The van der Waals surface area contributed by atoms with Crippen LogP contribution in [-0.2, 0) is 0 Å². The van der Waals surface area contributed by atoms with Crippen LogP contribution in [0.4, 0.5) is 17.1 Å². The predicted molar refractivity (Wildman–Crippen MR) is 237 cm³/mol. The van der Waals surface area contributed by atoms with E-state index in [-0.39, 0.29) is 0 Å². The van der Waals surface area contributed by atoms with Crippen LogP contribution in [0.3, 0.4) is 0 Å². The smallest absolute Gasteiger partial charge is 0.136 e. The van der Waals surface area contributed by atoms with Gasteiger partial charge in [0.05, 0.1) is 11.2 Å². The molecule has 0 aliphatic carbocycles. The summed E-state index contributed by atoms with van der Waals surface area (Å²) in [5.74, 6) is 0. The number of aromatic nitrogens is 1. The summed E-state index contributed by atoms with van der Waals surface area (Å²) in [6.45, 7) is 0. The summed E-state index contributed by atoms with van der Waals surface area (Å²) >= 11 is 0. The molecule has 57 heavy (non-hydrogen) atoms. The summed E-state index contributed by atoms with van der Waals surface area (Å²) < 4.78 is 12.5. The maximum Gasteiger partial charge on any atom is 0.136 e. The van der Waals surface area contributed by atoms with Crippen LogP contribution < -0.4 is 4.90 Å². The van der Waals surface area contributed by atoms with Crippen molar-refractivity contribution < 1.29 is 8.83 Å². The third kappa shape index (κ3) is 5.26. The van der Waals surface area contributed by atoms with Crippen molar-refractivity contribution in [2.45, 2.75) is 0 Å². The van der Waals surface area contributed by atoms with Crippen LogP contribution in [0.15, 0.2) is 203 Å². The van der Waals surface area contributed by atoms with E-state index in [1.54, 1.807) is 0 Å². The van der Waals surface area contributed by atoms with Gasteiger partial charge in [-0.25, -0.2) is 4.98 Å². The lowest BCUT2D eigenvalue weighted by molar-refractivity contribution is 0.669. The first-order valence-electron chi connectivity index (χ1n) is 19.3. The fourth-order valence-electron chi connectivity index (χ4n) is 8.50. The van der Waals surface area contributed by atoms with E-state index < -0.39 is 0 Å². The molecule has 9 aromatic carbocycles. The molecule has 0 aliphatic rings. The molecule has 3 aromatic heterocycles. The molecule has 4 nitrogen and oxygen atoms in total. The molecule has 0 atom stereocenters. The number of hydrogen-bond acceptors (Lipinski definition) is 4. The van der Waals surface area contributed by atoms with Crippen molar-refractivity contribution >= 4 is 93.4 Å². The zero-order chi connectivity index (χ0) is 37.5. The van der Waals surface area contributed by atoms with Gasteiger partial charge in [-0.05, 0) is 118 Å². The van der Waals surface area contributed by atoms with E-state index >= 15 is 0 Å². The second-order valence-corrected chi connectivity index (χ2v) is 14.8. The zero-order valence-electron chi connectivity index (χ0n) is 30.7. The minimum Gasteiger partial charge on any atom is -0.456 e. The van der Waals surface area contributed by atoms with E-state index in [1.165, 1.54) is 0 Å². The highest BCUT2D eigenvalue weighted by molar-refractivity contribution is 6.12. The number of pyridine rings is 1. The van der Waals surface area contributed by atoms with Crippen molar-refractivity contribution in [1.82, 2.24) is 4.98 Å². The van der Waals surface area contributed by atoms with Gasteiger partial charge in [0.2, 0.25) is 0 Å². The minimum atomic E-state index is 0.901. The molecule has 3 heterocycles. The average Bonchev–Trinajstić information content (AvgIpc) is 3.82. The zero-order valence-corrected chi connectivity index (χ0v) is 30.7. The lowest BCUT2D eigenvalue weighted by atomic mass is 10.0. The van der Waals surface area contributed by atoms with Gasteiger partial charge in [0.1, 0.15) is 22.3 Å². The highest BCUT2D eigenvalue weighted by atomic mass is 16.3. The Morgan fingerprint density at radius 2 is 0.807 bits per heavy atom. The van der Waals surface area contributed by atoms with E-state index in [4.69, 9.17) is 13.8 Å². The monoisotopic (exact) mass is 728 g/mol. The standard InChI is InChI=1S/C53H32N2O2/c1-4-10-48-35(7-1)21-26-49(54-48)36-15-13-33(14-16-36)34-17-22-41(23-18-34)55(42-24-19-37-31-52-46(29-39(37)27-42)44-8-2-5-11-50(44)56-52)43-25-20-38-32-53-47(30-40(38)28-43)45-9-3-6-12-51(45)57-53/h1-32H. The molecule has 4 heteroatoms. The molecule has 0 bridgehead atoms. The first kappa shape index (κ1) is 31.6. The number of benzene rings is 9. The Hall–Kier alpha value is -7.69. The molecule has 12 rings (SSSR count). The number of fused-ring (bicyclic) bond motifs is 9. The number of nitrogens with zero attached hydrogens (tertiary/aromatic N) is 2. The van der Waals surface area contributed by atoms with Crippen molar-refractivity contribution in [2.24, 2.45) is 0 Å². The molecule has 266 valence electrons. The molecule has 0 unspecified atom stereocenters. The Morgan fingerprint density at radius 1 is 0.316 bits per heavy atom. The van der Waals surface area contributed by atoms with Crippen LogP contribution in [0.5, 0.6) is 0 Å². The Labute approximate surface area is 327 Å². The van der Waals surface area contributed by atoms with E-state index in [1.807, 2.05) is 36.4 Å². The fraction of sp³-hybridized carbons (Fsp3) is 0. The lowest BCUT2D eigenvalue weighted by Crippen LogP contribution is -2.09. The minimum absolute atomic E-state index is 0.901. The Kier molecular flexibility index (Phi) is 6.89. The number of anilines is 3. The summed E-state index contributed by atoms with van der Waals surface area (Å²) in [6, 6.07) is 68.8. The van der Waals surface area contributed by atoms with Gasteiger partial charge in [0, 0.05) is 49.6 Å². The highest BCUT2D eigenvalue weighted by Crippen LogP contribution is 2.41. The van der Waals surface area contributed by atoms with Gasteiger partial charge in [-0.15, -0.1) is 0 Å². The lowest BCUT2D eigenvalue weighted by Gasteiger charge is -2.26. The quantitative estimate of drug-likeness (QED) is 0.177. The molecule has 0 radical (unpaired) electrons. The second kappa shape index (κ2) is 12.4. The topological polar surface area (TPSA) is 42.4 Å². The van der Waals surface area contributed by atoms with Crippen molar-refractivity contribution in [3.8, 4) is 22.4 Å². The van der Waals surface area contributed by atoms with Gasteiger partial charge in [-0.3, -0.25) is 0 Å². The number of furan rings is 2. The van der Waals surface area contributed by atoms with Crippen LogP contribution in [0.1, 0.15) is 0 Å². The molecule has 0 saturated heterocycles. The molecular weight excluding hydrogens is 697 g/mol. The van der Waals surface area contributed by atoms with Gasteiger partial charge in [-0.2, -0.15) is 0 Å². The first-order chi connectivity index (χ1) is 28.2. The van der Waals surface area contributed by atoms with E-state index in [2.05, 4.69) is 163 Å². The molecule has 0 N–H and O–H groups in total. The maximum absolute atomic E-state index is 6.24. The Balaban J connectivity index is 0.965. The molecule has 0 aliphatic heterocycles. The van der Waals surface area contributed by atoms with E-state index in [0.717, 1.165) is 116 Å². The first-order valence-corrected chi connectivity index (χ1v) is 19.3. The average molecular weight is 729 g/mol. The Bertz CT molecular complexity index is 3370. The second-order valence-electron chi connectivity index (χ2n) is 14.8. The van der Waals surface area contributed by atoms with Gasteiger partial charge >= 0.3 is 0 Å². The van der Waals surface area contributed by atoms with Crippen molar-refractivity contribution in [3.05, 3.63) is 194 Å². The maximum atomic E-state index is 6.24. The molecule has 0 fully saturated rings. The number of para-hydroxylation sites is 3. The highest BCUT2D eigenvalue weighted by Gasteiger charge is 2.17. The third-order valence-corrected chi connectivity index (χ3v) is 11.4. The van der Waals surface area contributed by atoms with Gasteiger partial charge < -0.3 is 13.7 Å². The van der Waals surface area contributed by atoms with Gasteiger partial charge in [0.15, 0.2) is 0 Å². The fourth-order valence-corrected chi connectivity index (χ4v) is 8.50.